The van der Waals surface area contributed by atoms with Crippen LogP contribution >= 0.6 is 11.6 Å². The fraction of sp³-hybridized carbons (Fsp3) is 0.222. The largest absolute Gasteiger partial charge is 0.358 e. The highest BCUT2D eigenvalue weighted by Crippen LogP contribution is 2.28. The van der Waals surface area contributed by atoms with Crippen LogP contribution < -0.4 is 10.6 Å². The number of benzene rings is 2. The Balaban J connectivity index is 2.16. The Hall–Kier alpha value is -2.33. The lowest BCUT2D eigenvalue weighted by Crippen LogP contribution is -2.35. The summed E-state index contributed by atoms with van der Waals surface area (Å²) in [5.74, 6) is -0.475. The van der Waals surface area contributed by atoms with Crippen molar-refractivity contribution < 1.29 is 9.59 Å². The maximum atomic E-state index is 12.2. The fourth-order valence-corrected chi connectivity index (χ4v) is 2.46. The normalized spacial score (nSPS) is 11.6. The van der Waals surface area contributed by atoms with Crippen molar-refractivity contribution in [3.05, 3.63) is 70.7 Å². The number of halogens is 1. The topological polar surface area (TPSA) is 58.2 Å². The lowest BCUT2D eigenvalue weighted by atomic mass is 9.88. The maximum absolute atomic E-state index is 12.2. The van der Waals surface area contributed by atoms with Gasteiger partial charge in [0.2, 0.25) is 11.8 Å². The number of rotatable bonds is 6. The van der Waals surface area contributed by atoms with E-state index in [2.05, 4.69) is 10.6 Å². The molecule has 1 atom stereocenters. The second-order valence-electron chi connectivity index (χ2n) is 5.17. The molecule has 2 aromatic rings. The standard InChI is InChI=1S/C18H19ClN2O2/c1-20-18(23)12-21-17(22)11-16(13-5-3-2-4-6-13)14-7-9-15(19)10-8-14/h2-10,16H,11-12H2,1H3,(H,20,23)(H,21,22)/t16-/m0/s1. The molecule has 0 radical (unpaired) electrons. The lowest BCUT2D eigenvalue weighted by molar-refractivity contribution is -0.126. The number of nitrogens with one attached hydrogen (secondary N) is 2. The van der Waals surface area contributed by atoms with Gasteiger partial charge in [-0.05, 0) is 23.3 Å². The summed E-state index contributed by atoms with van der Waals surface area (Å²) in [5.41, 5.74) is 2.06. The van der Waals surface area contributed by atoms with Gasteiger partial charge in [0.1, 0.15) is 0 Å². The average Bonchev–Trinajstić information content (AvgIpc) is 2.59. The summed E-state index contributed by atoms with van der Waals surface area (Å²) in [6.07, 6.45) is 0.267. The maximum Gasteiger partial charge on any atom is 0.239 e. The minimum atomic E-state index is -0.221. The number of likely N-dealkylation sites (N-methyl/N-ethyl adjacent to an activating group) is 1. The molecule has 0 fully saturated rings. The van der Waals surface area contributed by atoms with Crippen LogP contribution in [0.25, 0.3) is 0 Å². The van der Waals surface area contributed by atoms with Gasteiger partial charge in [0.05, 0.1) is 6.54 Å². The molecule has 0 bridgehead atoms. The van der Waals surface area contributed by atoms with Gasteiger partial charge in [-0.2, -0.15) is 0 Å². The van der Waals surface area contributed by atoms with Gasteiger partial charge >= 0.3 is 0 Å². The molecule has 0 aliphatic heterocycles. The molecule has 2 aromatic carbocycles. The molecule has 23 heavy (non-hydrogen) atoms. The fourth-order valence-electron chi connectivity index (χ4n) is 2.33. The van der Waals surface area contributed by atoms with Crippen molar-refractivity contribution in [2.75, 3.05) is 13.6 Å². The van der Waals surface area contributed by atoms with E-state index < -0.39 is 0 Å². The van der Waals surface area contributed by atoms with Gasteiger partial charge in [0.25, 0.3) is 0 Å². The van der Waals surface area contributed by atoms with Crippen molar-refractivity contribution >= 4 is 23.4 Å². The molecule has 2 amide bonds. The van der Waals surface area contributed by atoms with E-state index in [4.69, 9.17) is 11.6 Å². The summed E-state index contributed by atoms with van der Waals surface area (Å²) in [5, 5.41) is 5.77. The van der Waals surface area contributed by atoms with Crippen LogP contribution in [0.1, 0.15) is 23.5 Å². The second kappa shape index (κ2) is 8.34. The van der Waals surface area contributed by atoms with Gasteiger partial charge in [-0.3, -0.25) is 9.59 Å². The van der Waals surface area contributed by atoms with Crippen molar-refractivity contribution in [3.8, 4) is 0 Å². The Morgan fingerprint density at radius 1 is 0.957 bits per heavy atom. The summed E-state index contributed by atoms with van der Waals surface area (Å²) in [7, 11) is 1.54. The first kappa shape index (κ1) is 17.0. The lowest BCUT2D eigenvalue weighted by Gasteiger charge is -2.18. The molecule has 120 valence electrons. The van der Waals surface area contributed by atoms with E-state index in [1.54, 1.807) is 0 Å². The number of carbonyl (C=O) groups is 2. The first-order valence-electron chi connectivity index (χ1n) is 7.38. The van der Waals surface area contributed by atoms with Crippen LogP contribution in [0.5, 0.6) is 0 Å². The third-order valence-electron chi connectivity index (χ3n) is 3.59. The zero-order valence-electron chi connectivity index (χ0n) is 12.9. The van der Waals surface area contributed by atoms with E-state index in [0.717, 1.165) is 11.1 Å². The van der Waals surface area contributed by atoms with Gasteiger partial charge in [-0.1, -0.05) is 54.1 Å². The molecule has 0 aromatic heterocycles. The second-order valence-corrected chi connectivity index (χ2v) is 5.61. The van der Waals surface area contributed by atoms with Crippen molar-refractivity contribution in [2.45, 2.75) is 12.3 Å². The minimum absolute atomic E-state index is 0.0164. The molecule has 5 heteroatoms. The van der Waals surface area contributed by atoms with E-state index in [9.17, 15) is 9.59 Å². The quantitative estimate of drug-likeness (QED) is 0.855. The first-order valence-corrected chi connectivity index (χ1v) is 7.75. The SMILES string of the molecule is CNC(=O)CNC(=O)C[C@@H](c1ccccc1)c1ccc(Cl)cc1. The third kappa shape index (κ3) is 5.11. The first-order chi connectivity index (χ1) is 11.1. The van der Waals surface area contributed by atoms with E-state index in [-0.39, 0.29) is 30.7 Å². The molecular weight excluding hydrogens is 312 g/mol. The molecule has 0 unspecified atom stereocenters. The van der Waals surface area contributed by atoms with Crippen LogP contribution in [0.2, 0.25) is 5.02 Å². The predicted octanol–water partition coefficient (Wildman–Crippen LogP) is 2.72. The highest BCUT2D eigenvalue weighted by atomic mass is 35.5. The molecule has 0 heterocycles. The molecular formula is C18H19ClN2O2. The molecule has 0 saturated carbocycles. The zero-order valence-corrected chi connectivity index (χ0v) is 13.6. The monoisotopic (exact) mass is 330 g/mol. The van der Waals surface area contributed by atoms with Crippen LogP contribution in [0, 0.1) is 0 Å². The van der Waals surface area contributed by atoms with Crippen LogP contribution in [-0.2, 0) is 9.59 Å². The smallest absolute Gasteiger partial charge is 0.239 e. The van der Waals surface area contributed by atoms with Gasteiger partial charge in [-0.15, -0.1) is 0 Å². The van der Waals surface area contributed by atoms with Crippen molar-refractivity contribution in [1.82, 2.24) is 10.6 Å². The van der Waals surface area contributed by atoms with E-state index in [0.29, 0.717) is 5.02 Å². The molecule has 0 spiro atoms. The number of hydrogen-bond acceptors (Lipinski definition) is 2. The average molecular weight is 331 g/mol. The van der Waals surface area contributed by atoms with Crippen LogP contribution in [0.15, 0.2) is 54.6 Å². The Kier molecular flexibility index (Phi) is 6.18. The minimum Gasteiger partial charge on any atom is -0.358 e. The molecule has 2 N–H and O–H groups in total. The van der Waals surface area contributed by atoms with Gasteiger partial charge in [-0.25, -0.2) is 0 Å². The summed E-state index contributed by atoms with van der Waals surface area (Å²) < 4.78 is 0. The van der Waals surface area contributed by atoms with Gasteiger partial charge < -0.3 is 10.6 Å². The Morgan fingerprint density at radius 3 is 2.17 bits per heavy atom. The van der Waals surface area contributed by atoms with E-state index in [1.807, 2.05) is 54.6 Å². The van der Waals surface area contributed by atoms with Crippen molar-refractivity contribution in [3.63, 3.8) is 0 Å². The Morgan fingerprint density at radius 2 is 1.57 bits per heavy atom. The van der Waals surface area contributed by atoms with Crippen LogP contribution in [-0.4, -0.2) is 25.4 Å². The highest BCUT2D eigenvalue weighted by Gasteiger charge is 2.18. The van der Waals surface area contributed by atoms with Crippen LogP contribution in [0.4, 0.5) is 0 Å². The summed E-state index contributed by atoms with van der Waals surface area (Å²) in [6.45, 7) is -0.0164. The number of carbonyl (C=O) groups excluding carboxylic acids is 2. The van der Waals surface area contributed by atoms with E-state index in [1.165, 1.54) is 7.05 Å². The molecule has 0 aliphatic carbocycles. The zero-order chi connectivity index (χ0) is 16.7. The highest BCUT2D eigenvalue weighted by molar-refractivity contribution is 6.30. The van der Waals surface area contributed by atoms with E-state index >= 15 is 0 Å². The summed E-state index contributed by atoms with van der Waals surface area (Å²) in [6, 6.07) is 17.3. The van der Waals surface area contributed by atoms with Gasteiger partial charge in [0, 0.05) is 24.4 Å². The molecule has 0 saturated heterocycles. The Bertz CT molecular complexity index is 656. The summed E-state index contributed by atoms with van der Waals surface area (Å²) >= 11 is 5.94. The predicted molar refractivity (Wildman–Crippen MR) is 91.4 cm³/mol. The number of hydrogen-bond donors (Lipinski definition) is 2. The molecule has 0 aliphatic rings. The van der Waals surface area contributed by atoms with Crippen molar-refractivity contribution in [1.29, 1.82) is 0 Å². The van der Waals surface area contributed by atoms with Crippen LogP contribution in [0.3, 0.4) is 0 Å². The molecule has 4 nitrogen and oxygen atoms in total. The van der Waals surface area contributed by atoms with Crippen molar-refractivity contribution in [2.24, 2.45) is 0 Å². The molecule has 2 rings (SSSR count). The third-order valence-corrected chi connectivity index (χ3v) is 3.84. The number of amides is 2. The Labute approximate surface area is 140 Å². The summed E-state index contributed by atoms with van der Waals surface area (Å²) in [4.78, 5) is 23.4. The van der Waals surface area contributed by atoms with Gasteiger partial charge in [0.15, 0.2) is 0 Å².